The Morgan fingerprint density at radius 3 is 2.74 bits per heavy atom. The highest BCUT2D eigenvalue weighted by Gasteiger charge is 2.20. The summed E-state index contributed by atoms with van der Waals surface area (Å²) in [4.78, 5) is 4.42. The molecule has 1 saturated carbocycles. The topological polar surface area (TPSA) is 34.1 Å². The number of benzene rings is 1. The molecule has 3 heteroatoms. The smallest absolute Gasteiger partial charge is 0.219 e. The van der Waals surface area contributed by atoms with Gasteiger partial charge in [0.15, 0.2) is 0 Å². The molecule has 1 N–H and O–H groups in total. The Bertz CT molecular complexity index is 550. The highest BCUT2D eigenvalue weighted by atomic mass is 16.5. The van der Waals surface area contributed by atoms with Crippen LogP contribution in [0.2, 0.25) is 0 Å². The van der Waals surface area contributed by atoms with Gasteiger partial charge in [0, 0.05) is 24.3 Å². The van der Waals surface area contributed by atoms with Crippen molar-refractivity contribution in [3.05, 3.63) is 53.7 Å². The summed E-state index contributed by atoms with van der Waals surface area (Å²) in [7, 11) is 0. The molecule has 3 rings (SSSR count). The van der Waals surface area contributed by atoms with E-state index in [1.165, 1.54) is 18.4 Å². The molecule has 0 atom stereocenters. The van der Waals surface area contributed by atoms with E-state index in [4.69, 9.17) is 4.74 Å². The van der Waals surface area contributed by atoms with Crippen LogP contribution in [0, 0.1) is 6.92 Å². The second-order valence-electron chi connectivity index (χ2n) is 5.03. The third-order valence-corrected chi connectivity index (χ3v) is 3.13. The highest BCUT2D eigenvalue weighted by Crippen LogP contribution is 2.22. The van der Waals surface area contributed by atoms with Crippen LogP contribution in [0.15, 0.2) is 42.5 Å². The van der Waals surface area contributed by atoms with Gasteiger partial charge in [0.05, 0.1) is 0 Å². The molecule has 1 aromatic heterocycles. The van der Waals surface area contributed by atoms with Gasteiger partial charge in [-0.3, -0.25) is 0 Å². The fourth-order valence-corrected chi connectivity index (χ4v) is 2.02. The van der Waals surface area contributed by atoms with Crippen molar-refractivity contribution >= 4 is 0 Å². The minimum absolute atomic E-state index is 0.666. The van der Waals surface area contributed by atoms with Gasteiger partial charge in [-0.15, -0.1) is 0 Å². The van der Waals surface area contributed by atoms with E-state index in [1.807, 2.05) is 43.3 Å². The zero-order valence-corrected chi connectivity index (χ0v) is 11.1. The molecule has 1 aromatic carbocycles. The van der Waals surface area contributed by atoms with Gasteiger partial charge in [-0.2, -0.15) is 0 Å². The number of pyridine rings is 1. The van der Waals surface area contributed by atoms with Crippen molar-refractivity contribution in [2.45, 2.75) is 32.4 Å². The van der Waals surface area contributed by atoms with Crippen molar-refractivity contribution in [1.29, 1.82) is 0 Å². The molecule has 0 aliphatic heterocycles. The minimum atomic E-state index is 0.666. The summed E-state index contributed by atoms with van der Waals surface area (Å²) in [5.74, 6) is 1.49. The number of para-hydroxylation sites is 1. The van der Waals surface area contributed by atoms with E-state index >= 15 is 0 Å². The fourth-order valence-electron chi connectivity index (χ4n) is 2.02. The van der Waals surface area contributed by atoms with Crippen LogP contribution in [0.5, 0.6) is 11.6 Å². The lowest BCUT2D eigenvalue weighted by atomic mass is 10.2. The molecule has 19 heavy (non-hydrogen) atoms. The molecule has 98 valence electrons. The molecule has 0 bridgehead atoms. The van der Waals surface area contributed by atoms with E-state index < -0.39 is 0 Å². The van der Waals surface area contributed by atoms with Gasteiger partial charge in [-0.1, -0.05) is 18.2 Å². The third kappa shape index (κ3) is 3.55. The van der Waals surface area contributed by atoms with E-state index in [0.717, 1.165) is 18.0 Å². The molecule has 0 unspecified atom stereocenters. The van der Waals surface area contributed by atoms with Gasteiger partial charge in [-0.05, 0) is 43.5 Å². The maximum absolute atomic E-state index is 5.78. The van der Waals surface area contributed by atoms with Crippen molar-refractivity contribution in [2.75, 3.05) is 0 Å². The van der Waals surface area contributed by atoms with Crippen LogP contribution in [0.25, 0.3) is 0 Å². The molecule has 0 amide bonds. The lowest BCUT2D eigenvalue weighted by Crippen LogP contribution is -2.15. The van der Waals surface area contributed by atoms with Crippen molar-refractivity contribution in [3.8, 4) is 11.6 Å². The van der Waals surface area contributed by atoms with Crippen LogP contribution >= 0.6 is 0 Å². The number of ether oxygens (including phenoxy) is 1. The molecule has 0 spiro atoms. The summed E-state index contributed by atoms with van der Waals surface area (Å²) in [6.45, 7) is 2.89. The summed E-state index contributed by atoms with van der Waals surface area (Å²) in [5, 5.41) is 3.51. The predicted molar refractivity (Wildman–Crippen MR) is 75.4 cm³/mol. The van der Waals surface area contributed by atoms with E-state index in [-0.39, 0.29) is 0 Å². The Kier molecular flexibility index (Phi) is 3.47. The quantitative estimate of drug-likeness (QED) is 0.887. The minimum Gasteiger partial charge on any atom is -0.439 e. The molecule has 2 aromatic rings. The third-order valence-electron chi connectivity index (χ3n) is 3.13. The first-order valence-corrected chi connectivity index (χ1v) is 6.73. The predicted octanol–water partition coefficient (Wildman–Crippen LogP) is 3.43. The number of hydrogen-bond donors (Lipinski definition) is 1. The summed E-state index contributed by atoms with van der Waals surface area (Å²) >= 11 is 0. The number of aryl methyl sites for hydroxylation is 1. The van der Waals surface area contributed by atoms with E-state index in [1.54, 1.807) is 0 Å². The van der Waals surface area contributed by atoms with Crippen molar-refractivity contribution < 1.29 is 4.74 Å². The molecule has 1 fully saturated rings. The summed E-state index contributed by atoms with van der Waals surface area (Å²) in [5.41, 5.74) is 2.21. The fraction of sp³-hybridized carbons (Fsp3) is 0.312. The Morgan fingerprint density at radius 2 is 2.00 bits per heavy atom. The van der Waals surface area contributed by atoms with Crippen molar-refractivity contribution in [1.82, 2.24) is 10.3 Å². The van der Waals surface area contributed by atoms with Crippen molar-refractivity contribution in [3.63, 3.8) is 0 Å². The average molecular weight is 254 g/mol. The van der Waals surface area contributed by atoms with Gasteiger partial charge in [0.2, 0.25) is 5.88 Å². The standard InChI is InChI=1S/C16H18N2O/c1-12-9-13(11-17-14-7-8-14)10-16(18-12)19-15-5-3-2-4-6-15/h2-6,9-10,14,17H,7-8,11H2,1H3. The first-order valence-electron chi connectivity index (χ1n) is 6.73. The number of aromatic nitrogens is 1. The van der Waals surface area contributed by atoms with Crippen LogP contribution in [0.1, 0.15) is 24.1 Å². The average Bonchev–Trinajstić information content (AvgIpc) is 3.21. The molecule has 1 aliphatic carbocycles. The van der Waals surface area contributed by atoms with Crippen LogP contribution in [0.3, 0.4) is 0 Å². The maximum atomic E-state index is 5.78. The van der Waals surface area contributed by atoms with Crippen molar-refractivity contribution in [2.24, 2.45) is 0 Å². The molecule has 0 radical (unpaired) electrons. The first kappa shape index (κ1) is 12.2. The Morgan fingerprint density at radius 1 is 1.21 bits per heavy atom. The normalized spacial score (nSPS) is 14.4. The van der Waals surface area contributed by atoms with E-state index in [2.05, 4.69) is 16.4 Å². The van der Waals surface area contributed by atoms with Crippen LogP contribution in [0.4, 0.5) is 0 Å². The highest BCUT2D eigenvalue weighted by molar-refractivity contribution is 5.30. The van der Waals surface area contributed by atoms with Gasteiger partial charge in [0.25, 0.3) is 0 Å². The summed E-state index contributed by atoms with van der Waals surface area (Å²) < 4.78 is 5.78. The Hall–Kier alpha value is -1.87. The van der Waals surface area contributed by atoms with Crippen LogP contribution < -0.4 is 10.1 Å². The Balaban J connectivity index is 1.72. The maximum Gasteiger partial charge on any atom is 0.219 e. The second-order valence-corrected chi connectivity index (χ2v) is 5.03. The lowest BCUT2D eigenvalue weighted by Gasteiger charge is -2.09. The summed E-state index contributed by atoms with van der Waals surface area (Å²) in [6.07, 6.45) is 2.61. The van der Waals surface area contributed by atoms with Crippen LogP contribution in [-0.4, -0.2) is 11.0 Å². The van der Waals surface area contributed by atoms with Gasteiger partial charge in [0.1, 0.15) is 5.75 Å². The molecular formula is C16H18N2O. The lowest BCUT2D eigenvalue weighted by molar-refractivity contribution is 0.460. The SMILES string of the molecule is Cc1cc(CNC2CC2)cc(Oc2ccccc2)n1. The largest absolute Gasteiger partial charge is 0.439 e. The molecule has 3 nitrogen and oxygen atoms in total. The second kappa shape index (κ2) is 5.41. The number of hydrogen-bond acceptors (Lipinski definition) is 3. The zero-order valence-electron chi connectivity index (χ0n) is 11.1. The molecule has 1 heterocycles. The number of rotatable bonds is 5. The number of nitrogens with one attached hydrogen (secondary N) is 1. The zero-order chi connectivity index (χ0) is 13.1. The number of nitrogens with zero attached hydrogens (tertiary/aromatic N) is 1. The molecule has 1 aliphatic rings. The summed E-state index contributed by atoms with van der Waals surface area (Å²) in [6, 6.07) is 14.6. The van der Waals surface area contributed by atoms with Gasteiger partial charge < -0.3 is 10.1 Å². The Labute approximate surface area is 113 Å². The monoisotopic (exact) mass is 254 g/mol. The van der Waals surface area contributed by atoms with Crippen LogP contribution in [-0.2, 0) is 6.54 Å². The van der Waals surface area contributed by atoms with E-state index in [9.17, 15) is 0 Å². The van der Waals surface area contributed by atoms with Gasteiger partial charge in [-0.25, -0.2) is 4.98 Å². The molecular weight excluding hydrogens is 236 g/mol. The molecule has 0 saturated heterocycles. The van der Waals surface area contributed by atoms with Gasteiger partial charge >= 0.3 is 0 Å². The van der Waals surface area contributed by atoms with E-state index in [0.29, 0.717) is 11.9 Å². The first-order chi connectivity index (χ1) is 9.29.